The number of carbonyl (C=O) groups is 1. The van der Waals surface area contributed by atoms with Crippen molar-refractivity contribution in [2.24, 2.45) is 0 Å². The lowest BCUT2D eigenvalue weighted by Crippen LogP contribution is -2.02. The Bertz CT molecular complexity index is 382. The average Bonchev–Trinajstić information content (AvgIpc) is 2.69. The third-order valence-corrected chi connectivity index (χ3v) is 5.11. The average molecular weight is 379 g/mol. The number of hydrogen-bond acceptors (Lipinski definition) is 2. The molecule has 0 aromatic rings. The highest BCUT2D eigenvalue weighted by Crippen LogP contribution is 2.14. The molecule has 0 atom stereocenters. The number of allylic oxidation sites excluding steroid dienone is 2. The topological polar surface area (TPSA) is 26.3 Å². The van der Waals surface area contributed by atoms with Crippen molar-refractivity contribution >= 4 is 5.97 Å². The Morgan fingerprint density at radius 1 is 0.667 bits per heavy atom. The summed E-state index contributed by atoms with van der Waals surface area (Å²) in [6, 6.07) is 0. The van der Waals surface area contributed by atoms with Gasteiger partial charge < -0.3 is 4.74 Å². The molecule has 0 spiro atoms. The molecule has 0 N–H and O–H groups in total. The fourth-order valence-corrected chi connectivity index (χ4v) is 3.29. The molecular formula is C25H46O2. The molecule has 0 aromatic heterocycles. The van der Waals surface area contributed by atoms with Crippen LogP contribution < -0.4 is 0 Å². The minimum Gasteiger partial charge on any atom is -0.465 e. The highest BCUT2D eigenvalue weighted by molar-refractivity contribution is 5.91. The minimum atomic E-state index is -0.211. The van der Waals surface area contributed by atoms with Crippen molar-refractivity contribution < 1.29 is 9.53 Å². The first kappa shape index (κ1) is 26.0. The van der Waals surface area contributed by atoms with Crippen LogP contribution in [0.5, 0.6) is 0 Å². The molecule has 0 aliphatic rings. The van der Waals surface area contributed by atoms with Crippen molar-refractivity contribution in [3.05, 3.63) is 23.8 Å². The monoisotopic (exact) mass is 378 g/mol. The summed E-state index contributed by atoms with van der Waals surface area (Å²) in [6.45, 7) is 4.46. The van der Waals surface area contributed by atoms with Crippen molar-refractivity contribution in [1.82, 2.24) is 0 Å². The van der Waals surface area contributed by atoms with E-state index in [1.165, 1.54) is 103 Å². The van der Waals surface area contributed by atoms with Gasteiger partial charge in [0.15, 0.2) is 0 Å². The van der Waals surface area contributed by atoms with Gasteiger partial charge in [0.05, 0.1) is 12.7 Å². The SMILES string of the molecule is CCCC/C=C/C(=C\CCCCCCCCCCCCCCC)C(=O)OC. The molecule has 0 fully saturated rings. The van der Waals surface area contributed by atoms with E-state index >= 15 is 0 Å². The molecule has 0 saturated carbocycles. The lowest BCUT2D eigenvalue weighted by atomic mass is 10.0. The Hall–Kier alpha value is -1.05. The van der Waals surface area contributed by atoms with Crippen molar-refractivity contribution in [2.45, 2.75) is 123 Å². The summed E-state index contributed by atoms with van der Waals surface area (Å²) in [6.07, 6.45) is 28.2. The number of methoxy groups -OCH3 is 1. The Morgan fingerprint density at radius 2 is 1.15 bits per heavy atom. The van der Waals surface area contributed by atoms with Gasteiger partial charge in [-0.1, -0.05) is 122 Å². The molecule has 0 bridgehead atoms. The van der Waals surface area contributed by atoms with Gasteiger partial charge in [-0.2, -0.15) is 0 Å². The van der Waals surface area contributed by atoms with Crippen LogP contribution in [0.2, 0.25) is 0 Å². The third kappa shape index (κ3) is 18.1. The molecule has 27 heavy (non-hydrogen) atoms. The van der Waals surface area contributed by atoms with E-state index in [2.05, 4.69) is 19.9 Å². The minimum absolute atomic E-state index is 0.211. The maximum Gasteiger partial charge on any atom is 0.337 e. The fourth-order valence-electron chi connectivity index (χ4n) is 3.29. The second-order valence-electron chi connectivity index (χ2n) is 7.73. The number of carbonyl (C=O) groups excluding carboxylic acids is 1. The standard InChI is InChI=1S/C25H46O2/c1-4-6-8-10-11-12-13-14-15-16-17-18-19-21-23-24(25(26)27-3)22-20-9-7-5-2/h20,22-23H,4-19,21H2,1-3H3/b22-20+,24-23+. The Kier molecular flexibility index (Phi) is 20.4. The molecule has 2 nitrogen and oxygen atoms in total. The van der Waals surface area contributed by atoms with E-state index in [0.717, 1.165) is 12.8 Å². The zero-order chi connectivity index (χ0) is 20.0. The molecule has 0 aliphatic heterocycles. The lowest BCUT2D eigenvalue weighted by Gasteiger charge is -2.03. The first-order valence-electron chi connectivity index (χ1n) is 11.7. The largest absolute Gasteiger partial charge is 0.465 e. The number of hydrogen-bond donors (Lipinski definition) is 0. The summed E-state index contributed by atoms with van der Waals surface area (Å²) in [5.74, 6) is -0.211. The summed E-state index contributed by atoms with van der Waals surface area (Å²) in [5.41, 5.74) is 0.715. The zero-order valence-electron chi connectivity index (χ0n) is 18.6. The van der Waals surface area contributed by atoms with E-state index in [1.54, 1.807) is 0 Å². The van der Waals surface area contributed by atoms with E-state index in [1.807, 2.05) is 12.2 Å². The van der Waals surface area contributed by atoms with E-state index in [4.69, 9.17) is 4.74 Å². The Morgan fingerprint density at radius 3 is 1.63 bits per heavy atom. The van der Waals surface area contributed by atoms with Crippen molar-refractivity contribution in [3.8, 4) is 0 Å². The molecule has 0 unspecified atom stereocenters. The summed E-state index contributed by atoms with van der Waals surface area (Å²) in [7, 11) is 1.46. The van der Waals surface area contributed by atoms with E-state index < -0.39 is 0 Å². The van der Waals surface area contributed by atoms with Crippen LogP contribution >= 0.6 is 0 Å². The van der Waals surface area contributed by atoms with Gasteiger partial charge in [-0.3, -0.25) is 0 Å². The van der Waals surface area contributed by atoms with Crippen LogP contribution in [0.1, 0.15) is 123 Å². The molecular weight excluding hydrogens is 332 g/mol. The van der Waals surface area contributed by atoms with Crippen molar-refractivity contribution in [1.29, 1.82) is 0 Å². The zero-order valence-corrected chi connectivity index (χ0v) is 18.6. The first-order valence-corrected chi connectivity index (χ1v) is 11.7. The quantitative estimate of drug-likeness (QED) is 0.0977. The van der Waals surface area contributed by atoms with E-state index in [0.29, 0.717) is 5.57 Å². The Labute approximate surface area is 169 Å². The van der Waals surface area contributed by atoms with Crippen LogP contribution in [0.15, 0.2) is 23.8 Å². The maximum atomic E-state index is 11.8. The van der Waals surface area contributed by atoms with Crippen LogP contribution in [-0.2, 0) is 9.53 Å². The molecule has 0 aliphatic carbocycles. The van der Waals surface area contributed by atoms with Gasteiger partial charge in [0.2, 0.25) is 0 Å². The highest BCUT2D eigenvalue weighted by Gasteiger charge is 2.04. The fraction of sp³-hybridized carbons (Fsp3) is 0.800. The second kappa shape index (κ2) is 21.3. The van der Waals surface area contributed by atoms with Crippen molar-refractivity contribution in [3.63, 3.8) is 0 Å². The molecule has 0 radical (unpaired) electrons. The molecule has 0 aromatic carbocycles. The van der Waals surface area contributed by atoms with Gasteiger partial charge in [0, 0.05) is 0 Å². The summed E-state index contributed by atoms with van der Waals surface area (Å²) < 4.78 is 4.88. The summed E-state index contributed by atoms with van der Waals surface area (Å²) in [5, 5.41) is 0. The molecule has 158 valence electrons. The Balaban J connectivity index is 3.64. The lowest BCUT2D eigenvalue weighted by molar-refractivity contribution is -0.135. The number of rotatable bonds is 19. The van der Waals surface area contributed by atoms with Crippen molar-refractivity contribution in [2.75, 3.05) is 7.11 Å². The normalized spacial score (nSPS) is 12.0. The van der Waals surface area contributed by atoms with Gasteiger partial charge in [-0.05, 0) is 19.3 Å². The van der Waals surface area contributed by atoms with Crippen LogP contribution in [0, 0.1) is 0 Å². The molecule has 2 heteroatoms. The predicted octanol–water partition coefficient (Wildman–Crippen LogP) is 8.31. The van der Waals surface area contributed by atoms with Crippen LogP contribution in [-0.4, -0.2) is 13.1 Å². The van der Waals surface area contributed by atoms with Crippen LogP contribution in [0.4, 0.5) is 0 Å². The summed E-state index contributed by atoms with van der Waals surface area (Å²) >= 11 is 0. The molecule has 0 amide bonds. The number of ether oxygens (including phenoxy) is 1. The van der Waals surface area contributed by atoms with Gasteiger partial charge in [0.25, 0.3) is 0 Å². The van der Waals surface area contributed by atoms with Crippen LogP contribution in [0.3, 0.4) is 0 Å². The number of unbranched alkanes of at least 4 members (excludes halogenated alkanes) is 15. The predicted molar refractivity (Wildman–Crippen MR) is 119 cm³/mol. The highest BCUT2D eigenvalue weighted by atomic mass is 16.5. The maximum absolute atomic E-state index is 11.8. The molecule has 0 heterocycles. The van der Waals surface area contributed by atoms with Crippen LogP contribution in [0.25, 0.3) is 0 Å². The third-order valence-electron chi connectivity index (χ3n) is 5.11. The van der Waals surface area contributed by atoms with Gasteiger partial charge in [0.1, 0.15) is 0 Å². The molecule has 0 rings (SSSR count). The van der Waals surface area contributed by atoms with Gasteiger partial charge in [-0.15, -0.1) is 0 Å². The van der Waals surface area contributed by atoms with E-state index in [-0.39, 0.29) is 5.97 Å². The first-order chi connectivity index (χ1) is 13.3. The van der Waals surface area contributed by atoms with Gasteiger partial charge in [-0.25, -0.2) is 4.79 Å². The van der Waals surface area contributed by atoms with Gasteiger partial charge >= 0.3 is 5.97 Å². The second-order valence-corrected chi connectivity index (χ2v) is 7.73. The number of esters is 1. The smallest absolute Gasteiger partial charge is 0.337 e. The molecule has 0 saturated heterocycles. The van der Waals surface area contributed by atoms with E-state index in [9.17, 15) is 4.79 Å². The summed E-state index contributed by atoms with van der Waals surface area (Å²) in [4.78, 5) is 11.8.